The molecule has 7 nitrogen and oxygen atoms in total. The molecular weight excluding hydrogens is 426 g/mol. The molecule has 0 bridgehead atoms. The normalized spacial score (nSPS) is 11.9. The highest BCUT2D eigenvalue weighted by molar-refractivity contribution is 5.92. The molecule has 0 saturated heterocycles. The van der Waals surface area contributed by atoms with Crippen molar-refractivity contribution in [1.82, 2.24) is 20.3 Å². The number of rotatable bonds is 8. The molecule has 0 saturated carbocycles. The first-order valence-corrected chi connectivity index (χ1v) is 11.4. The summed E-state index contributed by atoms with van der Waals surface area (Å²) in [5.41, 5.74) is 3.87. The zero-order valence-corrected chi connectivity index (χ0v) is 19.7. The van der Waals surface area contributed by atoms with Crippen molar-refractivity contribution in [2.24, 2.45) is 5.92 Å². The third-order valence-corrected chi connectivity index (χ3v) is 5.49. The molecule has 7 heteroatoms. The van der Waals surface area contributed by atoms with Crippen molar-refractivity contribution in [2.45, 2.75) is 32.9 Å². The molecular formula is C27H29N5O2. The van der Waals surface area contributed by atoms with Crippen LogP contribution in [-0.2, 0) is 11.3 Å². The van der Waals surface area contributed by atoms with Crippen molar-refractivity contribution >= 4 is 22.8 Å². The van der Waals surface area contributed by atoms with E-state index in [9.17, 15) is 4.79 Å². The van der Waals surface area contributed by atoms with E-state index in [-0.39, 0.29) is 12.6 Å². The molecule has 4 aromatic rings. The standard InChI is InChI=1S/C27H29N5O2/c1-18(2)15-24(31-27(33)34-17-19-7-5-4-6-8-19)26-30-23-10-9-21(20-11-13-29-14-12-20)16-22(23)25(28-3)32-26/h4-14,16,18,24H,15,17H2,1-3H3,(H,31,33)(H,28,30,32). The quantitative estimate of drug-likeness (QED) is 0.352. The first kappa shape index (κ1) is 23.2. The summed E-state index contributed by atoms with van der Waals surface area (Å²) >= 11 is 0. The maximum atomic E-state index is 12.6. The lowest BCUT2D eigenvalue weighted by atomic mass is 10.0. The van der Waals surface area contributed by atoms with E-state index in [4.69, 9.17) is 14.7 Å². The van der Waals surface area contributed by atoms with E-state index in [2.05, 4.69) is 35.5 Å². The van der Waals surface area contributed by atoms with Gasteiger partial charge in [-0.15, -0.1) is 0 Å². The van der Waals surface area contributed by atoms with Gasteiger partial charge in [-0.25, -0.2) is 14.8 Å². The summed E-state index contributed by atoms with van der Waals surface area (Å²) in [6, 6.07) is 19.3. The van der Waals surface area contributed by atoms with Gasteiger partial charge in [0.1, 0.15) is 12.4 Å². The van der Waals surface area contributed by atoms with E-state index in [1.54, 1.807) is 12.4 Å². The molecule has 4 rings (SSSR count). The lowest BCUT2D eigenvalue weighted by Crippen LogP contribution is -2.31. The highest BCUT2D eigenvalue weighted by Crippen LogP contribution is 2.29. The van der Waals surface area contributed by atoms with Crippen LogP contribution in [0.25, 0.3) is 22.0 Å². The van der Waals surface area contributed by atoms with Gasteiger partial charge in [0.15, 0.2) is 5.82 Å². The van der Waals surface area contributed by atoms with Crippen molar-refractivity contribution < 1.29 is 9.53 Å². The largest absolute Gasteiger partial charge is 0.445 e. The summed E-state index contributed by atoms with van der Waals surface area (Å²) in [5, 5.41) is 7.07. The minimum Gasteiger partial charge on any atom is -0.445 e. The number of amides is 1. The molecule has 1 amide bonds. The predicted molar refractivity (Wildman–Crippen MR) is 134 cm³/mol. The number of alkyl carbamates (subject to hydrolysis) is 1. The number of benzene rings is 2. The molecule has 34 heavy (non-hydrogen) atoms. The number of fused-ring (bicyclic) bond motifs is 1. The van der Waals surface area contributed by atoms with Crippen LogP contribution >= 0.6 is 0 Å². The average Bonchev–Trinajstić information content (AvgIpc) is 2.87. The summed E-state index contributed by atoms with van der Waals surface area (Å²) in [5.74, 6) is 1.59. The second kappa shape index (κ2) is 10.7. The third kappa shape index (κ3) is 5.67. The molecule has 174 valence electrons. The van der Waals surface area contributed by atoms with Crippen LogP contribution in [-0.4, -0.2) is 28.1 Å². The zero-order valence-electron chi connectivity index (χ0n) is 19.7. The zero-order chi connectivity index (χ0) is 23.9. The van der Waals surface area contributed by atoms with Gasteiger partial charge >= 0.3 is 6.09 Å². The summed E-state index contributed by atoms with van der Waals surface area (Å²) in [7, 11) is 1.84. The average molecular weight is 456 g/mol. The molecule has 0 aliphatic rings. The Bertz CT molecular complexity index is 1250. The Morgan fingerprint density at radius 1 is 0.971 bits per heavy atom. The molecule has 0 aliphatic carbocycles. The van der Waals surface area contributed by atoms with E-state index in [0.717, 1.165) is 27.6 Å². The number of nitrogens with zero attached hydrogens (tertiary/aromatic N) is 3. The molecule has 2 aromatic heterocycles. The van der Waals surface area contributed by atoms with Gasteiger partial charge in [0.05, 0.1) is 11.6 Å². The van der Waals surface area contributed by atoms with Crippen LogP contribution in [0.2, 0.25) is 0 Å². The molecule has 0 fully saturated rings. The number of aromatic nitrogens is 3. The lowest BCUT2D eigenvalue weighted by Gasteiger charge is -2.20. The molecule has 1 unspecified atom stereocenters. The molecule has 0 spiro atoms. The van der Waals surface area contributed by atoms with E-state index in [1.165, 1.54) is 0 Å². The fourth-order valence-electron chi connectivity index (χ4n) is 3.82. The second-order valence-corrected chi connectivity index (χ2v) is 8.54. The van der Waals surface area contributed by atoms with Crippen molar-refractivity contribution in [3.05, 3.63) is 84.4 Å². The van der Waals surface area contributed by atoms with Gasteiger partial charge in [-0.1, -0.05) is 50.2 Å². The smallest absolute Gasteiger partial charge is 0.408 e. The van der Waals surface area contributed by atoms with Crippen LogP contribution in [0.3, 0.4) is 0 Å². The molecule has 1 atom stereocenters. The maximum Gasteiger partial charge on any atom is 0.408 e. The summed E-state index contributed by atoms with van der Waals surface area (Å²) in [6.07, 6.45) is 3.75. The van der Waals surface area contributed by atoms with E-state index >= 15 is 0 Å². The first-order chi connectivity index (χ1) is 16.5. The van der Waals surface area contributed by atoms with Gasteiger partial charge in [-0.3, -0.25) is 4.98 Å². The van der Waals surface area contributed by atoms with Crippen molar-refractivity contribution in [3.8, 4) is 11.1 Å². The molecule has 2 N–H and O–H groups in total. The Kier molecular flexibility index (Phi) is 7.32. The van der Waals surface area contributed by atoms with Gasteiger partial charge in [-0.05, 0) is 53.3 Å². The number of pyridine rings is 1. The van der Waals surface area contributed by atoms with E-state index in [0.29, 0.717) is 24.0 Å². The van der Waals surface area contributed by atoms with Crippen LogP contribution in [0.5, 0.6) is 0 Å². The Balaban J connectivity index is 1.60. The van der Waals surface area contributed by atoms with Gasteiger partial charge in [0.2, 0.25) is 0 Å². The molecule has 2 heterocycles. The van der Waals surface area contributed by atoms with Crippen LogP contribution < -0.4 is 10.6 Å². The fraction of sp³-hybridized carbons (Fsp3) is 0.259. The number of carbonyl (C=O) groups excluding carboxylic acids is 1. The minimum atomic E-state index is -0.489. The molecule has 0 aliphatic heterocycles. The Morgan fingerprint density at radius 3 is 2.44 bits per heavy atom. The number of hydrogen-bond acceptors (Lipinski definition) is 6. The number of nitrogens with one attached hydrogen (secondary N) is 2. The Hall–Kier alpha value is -4.00. The molecule has 0 radical (unpaired) electrons. The number of hydrogen-bond donors (Lipinski definition) is 2. The van der Waals surface area contributed by atoms with Crippen LogP contribution in [0.4, 0.5) is 10.6 Å². The maximum absolute atomic E-state index is 12.6. The lowest BCUT2D eigenvalue weighted by molar-refractivity contribution is 0.133. The van der Waals surface area contributed by atoms with Gasteiger partial charge in [0.25, 0.3) is 0 Å². The van der Waals surface area contributed by atoms with Crippen molar-refractivity contribution in [3.63, 3.8) is 0 Å². The summed E-state index contributed by atoms with van der Waals surface area (Å²) in [6.45, 7) is 4.41. The predicted octanol–water partition coefficient (Wildman–Crippen LogP) is 5.75. The Morgan fingerprint density at radius 2 is 1.74 bits per heavy atom. The van der Waals surface area contributed by atoms with Gasteiger partial charge in [-0.2, -0.15) is 0 Å². The monoisotopic (exact) mass is 455 g/mol. The van der Waals surface area contributed by atoms with Crippen LogP contribution in [0.15, 0.2) is 73.1 Å². The number of anilines is 1. The first-order valence-electron chi connectivity index (χ1n) is 11.4. The van der Waals surface area contributed by atoms with Crippen molar-refractivity contribution in [1.29, 1.82) is 0 Å². The van der Waals surface area contributed by atoms with Gasteiger partial charge < -0.3 is 15.4 Å². The third-order valence-electron chi connectivity index (χ3n) is 5.49. The summed E-state index contributed by atoms with van der Waals surface area (Å²) in [4.78, 5) is 26.3. The summed E-state index contributed by atoms with van der Waals surface area (Å²) < 4.78 is 5.44. The molecule has 2 aromatic carbocycles. The Labute approximate surface area is 199 Å². The fourth-order valence-corrected chi connectivity index (χ4v) is 3.82. The minimum absolute atomic E-state index is 0.208. The van der Waals surface area contributed by atoms with Crippen LogP contribution in [0.1, 0.15) is 37.7 Å². The van der Waals surface area contributed by atoms with Crippen LogP contribution in [0, 0.1) is 5.92 Å². The van der Waals surface area contributed by atoms with Gasteiger partial charge in [0, 0.05) is 24.8 Å². The SMILES string of the molecule is CNc1nc(C(CC(C)C)NC(=O)OCc2ccccc2)nc2ccc(-c3ccncc3)cc12. The van der Waals surface area contributed by atoms with E-state index in [1.807, 2.05) is 61.6 Å². The van der Waals surface area contributed by atoms with E-state index < -0.39 is 6.09 Å². The highest BCUT2D eigenvalue weighted by Gasteiger charge is 2.22. The number of ether oxygens (including phenoxy) is 1. The van der Waals surface area contributed by atoms with Crippen molar-refractivity contribution in [2.75, 3.05) is 12.4 Å². The topological polar surface area (TPSA) is 89.0 Å². The highest BCUT2D eigenvalue weighted by atomic mass is 16.5. The number of carbonyl (C=O) groups is 1. The second-order valence-electron chi connectivity index (χ2n) is 8.54.